The van der Waals surface area contributed by atoms with Gasteiger partial charge in [0.2, 0.25) is 5.91 Å². The molecule has 1 saturated heterocycles. The van der Waals surface area contributed by atoms with Crippen molar-refractivity contribution in [2.24, 2.45) is 5.92 Å². The molecule has 1 fully saturated rings. The lowest BCUT2D eigenvalue weighted by Crippen LogP contribution is -2.24. The molecule has 0 spiro atoms. The number of hydrogen-bond acceptors (Lipinski definition) is 5. The summed E-state index contributed by atoms with van der Waals surface area (Å²) in [6, 6.07) is 5.50. The van der Waals surface area contributed by atoms with Crippen molar-refractivity contribution in [3.63, 3.8) is 0 Å². The fourth-order valence-corrected chi connectivity index (χ4v) is 2.44. The summed E-state index contributed by atoms with van der Waals surface area (Å²) in [5.74, 6) is 1.23. The standard InChI is InChI=1S/C14H22N4O2/c1-17(2)13-6-4-5-12(15-13)16-14(20)7-10-8-18(3)9-11(10)19/h4-6,10-11,19H,7-9H2,1-3H3,(H,15,16,20)/t10-,11-/m1/s1. The lowest BCUT2D eigenvalue weighted by molar-refractivity contribution is -0.117. The fourth-order valence-electron chi connectivity index (χ4n) is 2.44. The molecule has 0 radical (unpaired) electrons. The Morgan fingerprint density at radius 1 is 1.50 bits per heavy atom. The molecule has 110 valence electrons. The van der Waals surface area contributed by atoms with Gasteiger partial charge in [-0.15, -0.1) is 0 Å². The average Bonchev–Trinajstić information content (AvgIpc) is 2.67. The van der Waals surface area contributed by atoms with E-state index in [1.807, 2.05) is 43.1 Å². The largest absolute Gasteiger partial charge is 0.391 e. The maximum absolute atomic E-state index is 12.0. The zero-order valence-corrected chi connectivity index (χ0v) is 12.2. The Balaban J connectivity index is 1.93. The van der Waals surface area contributed by atoms with Gasteiger partial charge in [0.15, 0.2) is 0 Å². The van der Waals surface area contributed by atoms with Gasteiger partial charge in [0, 0.05) is 39.5 Å². The molecule has 1 aliphatic rings. The van der Waals surface area contributed by atoms with Crippen molar-refractivity contribution in [3.8, 4) is 0 Å². The Morgan fingerprint density at radius 2 is 2.25 bits per heavy atom. The molecule has 6 nitrogen and oxygen atoms in total. The second-order valence-electron chi connectivity index (χ2n) is 5.58. The predicted molar refractivity (Wildman–Crippen MR) is 78.8 cm³/mol. The van der Waals surface area contributed by atoms with E-state index in [-0.39, 0.29) is 11.8 Å². The first-order valence-electron chi connectivity index (χ1n) is 6.76. The first-order chi connectivity index (χ1) is 9.45. The monoisotopic (exact) mass is 278 g/mol. The van der Waals surface area contributed by atoms with Crippen LogP contribution < -0.4 is 10.2 Å². The lowest BCUT2D eigenvalue weighted by atomic mass is 10.0. The Kier molecular flexibility index (Phi) is 4.57. The van der Waals surface area contributed by atoms with Crippen LogP contribution in [-0.4, -0.2) is 61.2 Å². The van der Waals surface area contributed by atoms with Crippen LogP contribution in [0.1, 0.15) is 6.42 Å². The fraction of sp³-hybridized carbons (Fsp3) is 0.571. The van der Waals surface area contributed by atoms with Gasteiger partial charge in [-0.2, -0.15) is 0 Å². The molecule has 1 aromatic rings. The van der Waals surface area contributed by atoms with Gasteiger partial charge >= 0.3 is 0 Å². The Morgan fingerprint density at radius 3 is 2.85 bits per heavy atom. The molecular formula is C14H22N4O2. The van der Waals surface area contributed by atoms with Gasteiger partial charge in [0.1, 0.15) is 11.6 Å². The van der Waals surface area contributed by atoms with E-state index in [1.54, 1.807) is 6.07 Å². The highest BCUT2D eigenvalue weighted by molar-refractivity contribution is 5.90. The molecule has 0 bridgehead atoms. The van der Waals surface area contributed by atoms with Crippen LogP contribution in [0.4, 0.5) is 11.6 Å². The lowest BCUT2D eigenvalue weighted by Gasteiger charge is -2.15. The van der Waals surface area contributed by atoms with E-state index >= 15 is 0 Å². The SMILES string of the molecule is CN1C[C@@H](CC(=O)Nc2cccc(N(C)C)n2)[C@H](O)C1. The number of likely N-dealkylation sites (tertiary alicyclic amines) is 1. The van der Waals surface area contributed by atoms with Crippen LogP contribution in [0.5, 0.6) is 0 Å². The number of β-amino-alcohol motifs (C(OH)–C–C–N with tert-alkyl or cyclic N) is 1. The van der Waals surface area contributed by atoms with Crippen molar-refractivity contribution >= 4 is 17.5 Å². The molecule has 1 aromatic heterocycles. The number of carbonyl (C=O) groups is 1. The Bertz CT molecular complexity index is 478. The van der Waals surface area contributed by atoms with E-state index in [0.717, 1.165) is 12.4 Å². The number of likely N-dealkylation sites (N-methyl/N-ethyl adjacent to an activating group) is 1. The van der Waals surface area contributed by atoms with Crippen LogP contribution in [0.2, 0.25) is 0 Å². The number of hydrogen-bond donors (Lipinski definition) is 2. The summed E-state index contributed by atoms with van der Waals surface area (Å²) < 4.78 is 0. The van der Waals surface area contributed by atoms with E-state index in [2.05, 4.69) is 10.3 Å². The van der Waals surface area contributed by atoms with E-state index in [1.165, 1.54) is 0 Å². The summed E-state index contributed by atoms with van der Waals surface area (Å²) in [4.78, 5) is 20.3. The van der Waals surface area contributed by atoms with Gasteiger partial charge < -0.3 is 20.2 Å². The molecule has 0 saturated carbocycles. The van der Waals surface area contributed by atoms with E-state index in [0.29, 0.717) is 18.8 Å². The minimum Gasteiger partial charge on any atom is -0.391 e. The summed E-state index contributed by atoms with van der Waals surface area (Å²) in [5, 5.41) is 12.6. The van der Waals surface area contributed by atoms with E-state index < -0.39 is 6.10 Å². The van der Waals surface area contributed by atoms with Crippen LogP contribution >= 0.6 is 0 Å². The average molecular weight is 278 g/mol. The molecular weight excluding hydrogens is 256 g/mol. The van der Waals surface area contributed by atoms with Gasteiger partial charge in [-0.25, -0.2) is 4.98 Å². The summed E-state index contributed by atoms with van der Waals surface area (Å²) in [5.41, 5.74) is 0. The first kappa shape index (κ1) is 14.7. The molecule has 2 heterocycles. The third-order valence-electron chi connectivity index (χ3n) is 3.50. The number of aliphatic hydroxyl groups is 1. The third kappa shape index (κ3) is 3.68. The zero-order chi connectivity index (χ0) is 14.7. The Hall–Kier alpha value is -1.66. The normalized spacial score (nSPS) is 22.8. The number of carbonyl (C=O) groups excluding carboxylic acids is 1. The van der Waals surface area contributed by atoms with Crippen LogP contribution in [0.3, 0.4) is 0 Å². The van der Waals surface area contributed by atoms with Gasteiger partial charge in [-0.3, -0.25) is 4.79 Å². The number of nitrogens with one attached hydrogen (secondary N) is 1. The van der Waals surface area contributed by atoms with Gasteiger partial charge in [0.25, 0.3) is 0 Å². The minimum atomic E-state index is -0.424. The summed E-state index contributed by atoms with van der Waals surface area (Å²) in [6.07, 6.45) is -0.105. The highest BCUT2D eigenvalue weighted by Gasteiger charge is 2.30. The van der Waals surface area contributed by atoms with Crippen molar-refractivity contribution in [1.82, 2.24) is 9.88 Å². The molecule has 1 aliphatic heterocycles. The number of rotatable bonds is 4. The Labute approximate surface area is 119 Å². The molecule has 0 aliphatic carbocycles. The van der Waals surface area contributed by atoms with Crippen molar-refractivity contribution in [3.05, 3.63) is 18.2 Å². The number of amides is 1. The highest BCUT2D eigenvalue weighted by Crippen LogP contribution is 2.20. The van der Waals surface area contributed by atoms with Gasteiger partial charge in [-0.05, 0) is 19.2 Å². The van der Waals surface area contributed by atoms with Gasteiger partial charge in [-0.1, -0.05) is 6.07 Å². The molecule has 2 N–H and O–H groups in total. The molecule has 20 heavy (non-hydrogen) atoms. The van der Waals surface area contributed by atoms with Crippen LogP contribution in [0.15, 0.2) is 18.2 Å². The summed E-state index contributed by atoms with van der Waals surface area (Å²) in [7, 11) is 5.75. The quantitative estimate of drug-likeness (QED) is 0.834. The number of aromatic nitrogens is 1. The molecule has 6 heteroatoms. The molecule has 2 atom stereocenters. The van der Waals surface area contributed by atoms with E-state index in [4.69, 9.17) is 0 Å². The third-order valence-corrected chi connectivity index (χ3v) is 3.50. The van der Waals surface area contributed by atoms with Crippen molar-refractivity contribution in [1.29, 1.82) is 0 Å². The molecule has 0 unspecified atom stereocenters. The molecule has 1 amide bonds. The number of pyridine rings is 1. The second-order valence-corrected chi connectivity index (χ2v) is 5.58. The highest BCUT2D eigenvalue weighted by atomic mass is 16.3. The van der Waals surface area contributed by atoms with Crippen molar-refractivity contribution < 1.29 is 9.90 Å². The molecule has 2 rings (SSSR count). The predicted octanol–water partition coefficient (Wildman–Crippen LogP) is 0.399. The maximum atomic E-state index is 12.0. The maximum Gasteiger partial charge on any atom is 0.225 e. The van der Waals surface area contributed by atoms with Crippen LogP contribution in [0.25, 0.3) is 0 Å². The molecule has 0 aromatic carbocycles. The van der Waals surface area contributed by atoms with Crippen LogP contribution in [0, 0.1) is 5.92 Å². The second kappa shape index (κ2) is 6.19. The number of anilines is 2. The summed E-state index contributed by atoms with van der Waals surface area (Å²) >= 11 is 0. The van der Waals surface area contributed by atoms with Crippen LogP contribution in [-0.2, 0) is 4.79 Å². The topological polar surface area (TPSA) is 68.7 Å². The summed E-state index contributed by atoms with van der Waals surface area (Å²) in [6.45, 7) is 1.38. The first-order valence-corrected chi connectivity index (χ1v) is 6.76. The smallest absolute Gasteiger partial charge is 0.225 e. The van der Waals surface area contributed by atoms with Gasteiger partial charge in [0.05, 0.1) is 6.10 Å². The number of nitrogens with zero attached hydrogens (tertiary/aromatic N) is 3. The number of aliphatic hydroxyl groups excluding tert-OH is 1. The minimum absolute atomic E-state index is 0.00275. The van der Waals surface area contributed by atoms with Crippen molar-refractivity contribution in [2.75, 3.05) is 44.4 Å². The zero-order valence-electron chi connectivity index (χ0n) is 12.2. The van der Waals surface area contributed by atoms with E-state index in [9.17, 15) is 9.90 Å². The van der Waals surface area contributed by atoms with Crippen molar-refractivity contribution in [2.45, 2.75) is 12.5 Å².